The van der Waals surface area contributed by atoms with Crippen LogP contribution in [-0.4, -0.2) is 28.1 Å². The minimum Gasteiger partial charge on any atom is -0.477 e. The van der Waals surface area contributed by atoms with Crippen LogP contribution in [0.25, 0.3) is 10.7 Å². The van der Waals surface area contributed by atoms with E-state index in [4.69, 9.17) is 5.11 Å². The summed E-state index contributed by atoms with van der Waals surface area (Å²) < 4.78 is 0.924. The topological polar surface area (TPSA) is 75.1 Å². The Bertz CT molecular complexity index is 570. The van der Waals surface area contributed by atoms with E-state index in [1.165, 1.54) is 17.4 Å². The molecule has 0 aliphatic heterocycles. The first-order chi connectivity index (χ1) is 8.10. The van der Waals surface area contributed by atoms with Gasteiger partial charge in [0.1, 0.15) is 5.82 Å². The van der Waals surface area contributed by atoms with Gasteiger partial charge in [-0.15, -0.1) is 11.3 Å². The first kappa shape index (κ1) is 12.0. The Morgan fingerprint density at radius 3 is 2.76 bits per heavy atom. The third-order valence-electron chi connectivity index (χ3n) is 1.99. The number of halogens is 1. The molecular formula is C10H8BrN3O2S. The third-order valence-corrected chi connectivity index (χ3v) is 3.68. The number of aromatic carboxylic acids is 1. The van der Waals surface area contributed by atoms with E-state index < -0.39 is 5.97 Å². The smallest absolute Gasteiger partial charge is 0.354 e. The SMILES string of the molecule is CNc1cc(C(=O)O)nc(-c2cc(Br)cs2)n1. The normalized spacial score (nSPS) is 10.2. The van der Waals surface area contributed by atoms with Gasteiger partial charge in [-0.25, -0.2) is 14.8 Å². The number of aromatic nitrogens is 2. The van der Waals surface area contributed by atoms with E-state index in [2.05, 4.69) is 31.2 Å². The molecule has 0 fully saturated rings. The zero-order valence-corrected chi connectivity index (χ0v) is 11.2. The summed E-state index contributed by atoms with van der Waals surface area (Å²) in [5.41, 5.74) is -0.0242. The lowest BCUT2D eigenvalue weighted by Crippen LogP contribution is -2.05. The second-order valence-electron chi connectivity index (χ2n) is 3.15. The molecule has 0 bridgehead atoms. The van der Waals surface area contributed by atoms with Crippen LogP contribution in [0.15, 0.2) is 22.0 Å². The summed E-state index contributed by atoms with van der Waals surface area (Å²) in [6, 6.07) is 3.25. The van der Waals surface area contributed by atoms with Gasteiger partial charge < -0.3 is 10.4 Å². The molecule has 0 aliphatic carbocycles. The standard InChI is InChI=1S/C10H8BrN3O2S/c1-12-8-3-6(10(15)16)13-9(14-8)7-2-5(11)4-17-7/h2-4H,1H3,(H,15,16)(H,12,13,14). The van der Waals surface area contributed by atoms with Gasteiger partial charge in [0.15, 0.2) is 11.5 Å². The highest BCUT2D eigenvalue weighted by Crippen LogP contribution is 2.28. The summed E-state index contributed by atoms with van der Waals surface area (Å²) >= 11 is 4.79. The molecule has 2 rings (SSSR count). The predicted octanol–water partition coefficient (Wildman–Crippen LogP) is 2.71. The van der Waals surface area contributed by atoms with Gasteiger partial charge in [-0.1, -0.05) is 0 Å². The number of hydrogen-bond acceptors (Lipinski definition) is 5. The molecule has 5 nitrogen and oxygen atoms in total. The lowest BCUT2D eigenvalue weighted by Gasteiger charge is -2.03. The molecule has 17 heavy (non-hydrogen) atoms. The Kier molecular flexibility index (Phi) is 3.39. The van der Waals surface area contributed by atoms with E-state index >= 15 is 0 Å². The molecule has 0 atom stereocenters. The van der Waals surface area contributed by atoms with Crippen molar-refractivity contribution >= 4 is 39.1 Å². The third kappa shape index (κ3) is 2.62. The molecule has 0 aromatic carbocycles. The van der Waals surface area contributed by atoms with Gasteiger partial charge in [0.25, 0.3) is 0 Å². The number of rotatable bonds is 3. The van der Waals surface area contributed by atoms with Crippen LogP contribution in [0.5, 0.6) is 0 Å². The number of carbonyl (C=O) groups is 1. The van der Waals surface area contributed by atoms with Crippen LogP contribution in [0.1, 0.15) is 10.5 Å². The van der Waals surface area contributed by atoms with Crippen LogP contribution in [0.3, 0.4) is 0 Å². The number of nitrogens with one attached hydrogen (secondary N) is 1. The number of thiophene rings is 1. The molecule has 0 spiro atoms. The number of nitrogens with zero attached hydrogens (tertiary/aromatic N) is 2. The Labute approximate surface area is 110 Å². The summed E-state index contributed by atoms with van der Waals surface area (Å²) in [6.45, 7) is 0. The van der Waals surface area contributed by atoms with Gasteiger partial charge in [0, 0.05) is 23.0 Å². The van der Waals surface area contributed by atoms with Gasteiger partial charge in [-0.05, 0) is 22.0 Å². The van der Waals surface area contributed by atoms with E-state index in [1.807, 2.05) is 11.4 Å². The summed E-state index contributed by atoms with van der Waals surface area (Å²) in [6.07, 6.45) is 0. The van der Waals surface area contributed by atoms with E-state index in [0.29, 0.717) is 11.6 Å². The lowest BCUT2D eigenvalue weighted by atomic mass is 10.3. The Morgan fingerprint density at radius 1 is 1.47 bits per heavy atom. The van der Waals surface area contributed by atoms with Crippen molar-refractivity contribution in [1.29, 1.82) is 0 Å². The molecule has 2 N–H and O–H groups in total. The van der Waals surface area contributed by atoms with Crippen molar-refractivity contribution in [1.82, 2.24) is 9.97 Å². The first-order valence-corrected chi connectivity index (χ1v) is 6.32. The summed E-state index contributed by atoms with van der Waals surface area (Å²) in [4.78, 5) is 20.0. The number of carboxylic acids is 1. The van der Waals surface area contributed by atoms with Crippen LogP contribution >= 0.6 is 27.3 Å². The molecule has 88 valence electrons. The van der Waals surface area contributed by atoms with Gasteiger partial charge in [0.05, 0.1) is 4.88 Å². The molecule has 2 aromatic rings. The Morgan fingerprint density at radius 2 is 2.24 bits per heavy atom. The summed E-state index contributed by atoms with van der Waals surface area (Å²) in [5.74, 6) is -0.178. The average Bonchev–Trinajstić information content (AvgIpc) is 2.75. The fourth-order valence-electron chi connectivity index (χ4n) is 1.23. The highest BCUT2D eigenvalue weighted by molar-refractivity contribution is 9.10. The van der Waals surface area contributed by atoms with Crippen LogP contribution in [0.4, 0.5) is 5.82 Å². The summed E-state index contributed by atoms with van der Waals surface area (Å²) in [5, 5.41) is 13.7. The molecule has 7 heteroatoms. The van der Waals surface area contributed by atoms with Gasteiger partial charge >= 0.3 is 5.97 Å². The monoisotopic (exact) mass is 313 g/mol. The largest absolute Gasteiger partial charge is 0.477 e. The number of hydrogen-bond donors (Lipinski definition) is 2. The minimum atomic E-state index is -1.07. The summed E-state index contributed by atoms with van der Waals surface area (Å²) in [7, 11) is 1.68. The zero-order valence-electron chi connectivity index (χ0n) is 8.77. The van der Waals surface area contributed by atoms with E-state index in [-0.39, 0.29) is 5.69 Å². The molecule has 0 radical (unpaired) electrons. The Hall–Kier alpha value is -1.47. The molecular weight excluding hydrogens is 306 g/mol. The lowest BCUT2D eigenvalue weighted by molar-refractivity contribution is 0.0690. The maximum absolute atomic E-state index is 10.9. The maximum Gasteiger partial charge on any atom is 0.354 e. The minimum absolute atomic E-state index is 0.0242. The first-order valence-electron chi connectivity index (χ1n) is 4.64. The van der Waals surface area contributed by atoms with E-state index in [1.54, 1.807) is 7.05 Å². The zero-order chi connectivity index (χ0) is 12.4. The van der Waals surface area contributed by atoms with Crippen LogP contribution in [0, 0.1) is 0 Å². The van der Waals surface area contributed by atoms with Gasteiger partial charge in [-0.2, -0.15) is 0 Å². The van der Waals surface area contributed by atoms with E-state index in [9.17, 15) is 4.79 Å². The van der Waals surface area contributed by atoms with Crippen LogP contribution in [-0.2, 0) is 0 Å². The molecule has 2 aromatic heterocycles. The highest BCUT2D eigenvalue weighted by Gasteiger charge is 2.12. The maximum atomic E-state index is 10.9. The fourth-order valence-corrected chi connectivity index (χ4v) is 2.59. The molecule has 0 saturated heterocycles. The van der Waals surface area contributed by atoms with Gasteiger partial charge in [-0.3, -0.25) is 0 Å². The van der Waals surface area contributed by atoms with Crippen LogP contribution in [0.2, 0.25) is 0 Å². The molecule has 0 saturated carbocycles. The second kappa shape index (κ2) is 4.80. The van der Waals surface area contributed by atoms with Crippen LogP contribution < -0.4 is 5.32 Å². The van der Waals surface area contributed by atoms with Gasteiger partial charge in [0.2, 0.25) is 0 Å². The second-order valence-corrected chi connectivity index (χ2v) is 4.97. The highest BCUT2D eigenvalue weighted by atomic mass is 79.9. The fraction of sp³-hybridized carbons (Fsp3) is 0.100. The molecule has 0 aliphatic rings. The molecule has 2 heterocycles. The van der Waals surface area contributed by atoms with E-state index in [0.717, 1.165) is 9.35 Å². The number of carboxylic acid groups (broad SMARTS) is 1. The molecule has 0 amide bonds. The van der Waals surface area contributed by atoms with Crippen molar-refractivity contribution in [2.24, 2.45) is 0 Å². The number of anilines is 1. The van der Waals surface area contributed by atoms with Crippen molar-refractivity contribution in [2.45, 2.75) is 0 Å². The van der Waals surface area contributed by atoms with Crippen molar-refractivity contribution in [3.63, 3.8) is 0 Å². The van der Waals surface area contributed by atoms with Crippen molar-refractivity contribution in [3.05, 3.63) is 27.7 Å². The molecule has 0 unspecified atom stereocenters. The van der Waals surface area contributed by atoms with Crippen molar-refractivity contribution in [2.75, 3.05) is 12.4 Å². The van der Waals surface area contributed by atoms with Crippen molar-refractivity contribution < 1.29 is 9.90 Å². The van der Waals surface area contributed by atoms with Crippen molar-refractivity contribution in [3.8, 4) is 10.7 Å². The quantitative estimate of drug-likeness (QED) is 0.911. The predicted molar refractivity (Wildman–Crippen MR) is 69.6 cm³/mol. The average molecular weight is 314 g/mol. The Balaban J connectivity index is 2.53.